The third-order valence-electron chi connectivity index (χ3n) is 6.28. The van der Waals surface area contributed by atoms with E-state index in [0.29, 0.717) is 29.4 Å². The van der Waals surface area contributed by atoms with Gasteiger partial charge in [0, 0.05) is 24.7 Å². The zero-order chi connectivity index (χ0) is 20.5. The molecule has 0 spiro atoms. The van der Waals surface area contributed by atoms with Crippen molar-refractivity contribution in [3.8, 4) is 0 Å². The van der Waals surface area contributed by atoms with E-state index < -0.39 is 0 Å². The molecule has 1 amide bonds. The monoisotopic (exact) mass is 404 g/mol. The highest BCUT2D eigenvalue weighted by Crippen LogP contribution is 2.40. The van der Waals surface area contributed by atoms with Gasteiger partial charge in [-0.25, -0.2) is 4.98 Å². The van der Waals surface area contributed by atoms with Crippen molar-refractivity contribution in [2.45, 2.75) is 58.0 Å². The lowest BCUT2D eigenvalue weighted by atomic mass is 10.0. The maximum absolute atomic E-state index is 13.2. The minimum absolute atomic E-state index is 0.0941. The molecule has 6 nitrogen and oxygen atoms in total. The van der Waals surface area contributed by atoms with Crippen LogP contribution in [0.15, 0.2) is 34.9 Å². The number of benzene rings is 1. The van der Waals surface area contributed by atoms with Crippen molar-refractivity contribution in [2.24, 2.45) is 0 Å². The summed E-state index contributed by atoms with van der Waals surface area (Å²) in [5.74, 6) is 0.347. The van der Waals surface area contributed by atoms with E-state index in [4.69, 9.17) is 4.52 Å². The Morgan fingerprint density at radius 1 is 1.17 bits per heavy atom. The number of aryl methyl sites for hydroxylation is 1. The zero-order valence-electron chi connectivity index (χ0n) is 17.5. The third-order valence-corrected chi connectivity index (χ3v) is 6.28. The van der Waals surface area contributed by atoms with Crippen molar-refractivity contribution in [3.63, 3.8) is 0 Å². The van der Waals surface area contributed by atoms with E-state index in [1.165, 1.54) is 30.4 Å². The Kier molecular flexibility index (Phi) is 5.25. The Balaban J connectivity index is 1.35. The van der Waals surface area contributed by atoms with E-state index >= 15 is 0 Å². The molecule has 2 aliphatic rings. The molecule has 1 saturated heterocycles. The molecule has 1 aliphatic carbocycles. The van der Waals surface area contributed by atoms with Crippen molar-refractivity contribution in [2.75, 3.05) is 13.1 Å². The van der Waals surface area contributed by atoms with Crippen molar-refractivity contribution in [1.29, 1.82) is 0 Å². The maximum Gasteiger partial charge on any atom is 0.259 e. The van der Waals surface area contributed by atoms with Crippen molar-refractivity contribution < 1.29 is 9.32 Å². The molecule has 2 aromatic heterocycles. The fourth-order valence-corrected chi connectivity index (χ4v) is 4.39. The summed E-state index contributed by atoms with van der Waals surface area (Å²) >= 11 is 0. The summed E-state index contributed by atoms with van der Waals surface area (Å²) in [6, 6.07) is 10.3. The maximum atomic E-state index is 13.2. The van der Waals surface area contributed by atoms with Gasteiger partial charge in [0.1, 0.15) is 0 Å². The lowest BCUT2D eigenvalue weighted by molar-refractivity contribution is 0.0952. The summed E-state index contributed by atoms with van der Waals surface area (Å²) in [6.07, 6.45) is 6.13. The molecule has 30 heavy (non-hydrogen) atoms. The van der Waals surface area contributed by atoms with Crippen LogP contribution in [0.2, 0.25) is 0 Å². The van der Waals surface area contributed by atoms with Gasteiger partial charge < -0.3 is 9.84 Å². The van der Waals surface area contributed by atoms with E-state index in [1.807, 2.05) is 19.1 Å². The molecule has 0 radical (unpaired) electrons. The van der Waals surface area contributed by atoms with Gasteiger partial charge in [0.25, 0.3) is 11.6 Å². The molecule has 3 aromatic rings. The predicted molar refractivity (Wildman–Crippen MR) is 115 cm³/mol. The number of amides is 1. The number of nitrogens with zero attached hydrogens (tertiary/aromatic N) is 3. The number of fused-ring (bicyclic) bond motifs is 1. The Morgan fingerprint density at radius 2 is 1.93 bits per heavy atom. The average Bonchev–Trinajstić information content (AvgIpc) is 3.56. The van der Waals surface area contributed by atoms with Gasteiger partial charge in [-0.3, -0.25) is 9.69 Å². The molecule has 156 valence electrons. The number of nitrogens with one attached hydrogen (secondary N) is 1. The highest BCUT2D eigenvalue weighted by atomic mass is 16.5. The van der Waals surface area contributed by atoms with Gasteiger partial charge in [-0.15, -0.1) is 0 Å². The van der Waals surface area contributed by atoms with E-state index in [0.717, 1.165) is 43.6 Å². The Hall–Kier alpha value is -2.73. The molecule has 2 fully saturated rings. The number of pyridine rings is 1. The summed E-state index contributed by atoms with van der Waals surface area (Å²) < 4.78 is 5.38. The minimum Gasteiger partial charge on any atom is -0.348 e. The van der Waals surface area contributed by atoms with Gasteiger partial charge in [0.2, 0.25) is 0 Å². The summed E-state index contributed by atoms with van der Waals surface area (Å²) in [5.41, 5.74) is 5.19. The van der Waals surface area contributed by atoms with E-state index in [2.05, 4.69) is 38.6 Å². The average molecular weight is 405 g/mol. The number of aromatic nitrogens is 2. The van der Waals surface area contributed by atoms with Gasteiger partial charge >= 0.3 is 0 Å². The summed E-state index contributed by atoms with van der Waals surface area (Å²) in [5, 5.41) is 7.89. The first-order chi connectivity index (χ1) is 14.7. The molecular formula is C24H28N4O2. The van der Waals surface area contributed by atoms with Gasteiger partial charge in [-0.1, -0.05) is 35.8 Å². The molecule has 0 unspecified atom stereocenters. The van der Waals surface area contributed by atoms with Crippen LogP contribution in [-0.4, -0.2) is 34.0 Å². The molecule has 1 saturated carbocycles. The van der Waals surface area contributed by atoms with E-state index in [9.17, 15) is 4.79 Å². The minimum atomic E-state index is -0.0941. The number of piperidine rings is 1. The second-order valence-electron chi connectivity index (χ2n) is 8.61. The second-order valence-corrected chi connectivity index (χ2v) is 8.61. The summed E-state index contributed by atoms with van der Waals surface area (Å²) in [4.78, 5) is 20.3. The van der Waals surface area contributed by atoms with E-state index in [1.54, 1.807) is 0 Å². The molecule has 6 heteroatoms. The molecule has 3 heterocycles. The zero-order valence-corrected chi connectivity index (χ0v) is 17.5. The number of carbonyl (C=O) groups is 1. The summed E-state index contributed by atoms with van der Waals surface area (Å²) in [6.45, 7) is 5.63. The van der Waals surface area contributed by atoms with Crippen LogP contribution in [0.3, 0.4) is 0 Å². The van der Waals surface area contributed by atoms with Crippen LogP contribution in [-0.2, 0) is 13.1 Å². The molecule has 0 bridgehead atoms. The number of rotatable bonds is 6. The molecule has 5 rings (SSSR count). The Morgan fingerprint density at radius 3 is 2.70 bits per heavy atom. The van der Waals surface area contributed by atoms with Crippen LogP contribution in [0.5, 0.6) is 0 Å². The fraction of sp³-hybridized carbons (Fsp3) is 0.458. The standard InChI is InChI=1S/C24H28N4O2/c1-16-22-20(13-21(17-9-10-17)26-24(22)30-27-16)23(29)25-14-18-7-3-4-8-19(18)15-28-11-5-2-6-12-28/h3-4,7-8,13,17H,2,5-6,9-12,14-15H2,1H3,(H,25,29). The fourth-order valence-electron chi connectivity index (χ4n) is 4.39. The van der Waals surface area contributed by atoms with Gasteiger partial charge in [0.15, 0.2) is 0 Å². The van der Waals surface area contributed by atoms with Crippen LogP contribution >= 0.6 is 0 Å². The van der Waals surface area contributed by atoms with Crippen LogP contribution in [0.1, 0.15) is 70.9 Å². The summed E-state index contributed by atoms with van der Waals surface area (Å²) in [7, 11) is 0. The van der Waals surface area contributed by atoms with Crippen LogP contribution < -0.4 is 5.32 Å². The van der Waals surface area contributed by atoms with Crippen molar-refractivity contribution in [3.05, 3.63) is 58.4 Å². The van der Waals surface area contributed by atoms with Gasteiger partial charge in [-0.05, 0) is 62.9 Å². The first kappa shape index (κ1) is 19.2. The first-order valence-corrected chi connectivity index (χ1v) is 11.0. The Labute approximate surface area is 176 Å². The largest absolute Gasteiger partial charge is 0.348 e. The number of hydrogen-bond donors (Lipinski definition) is 1. The molecule has 1 aromatic carbocycles. The quantitative estimate of drug-likeness (QED) is 0.662. The lowest BCUT2D eigenvalue weighted by Gasteiger charge is -2.27. The Bertz CT molecular complexity index is 1060. The number of hydrogen-bond acceptors (Lipinski definition) is 5. The van der Waals surface area contributed by atoms with Crippen molar-refractivity contribution in [1.82, 2.24) is 20.4 Å². The van der Waals surface area contributed by atoms with Gasteiger partial charge in [0.05, 0.1) is 16.6 Å². The van der Waals surface area contributed by atoms with Crippen molar-refractivity contribution >= 4 is 17.0 Å². The smallest absolute Gasteiger partial charge is 0.259 e. The van der Waals surface area contributed by atoms with Crippen LogP contribution in [0.25, 0.3) is 11.1 Å². The molecule has 0 atom stereocenters. The highest BCUT2D eigenvalue weighted by Gasteiger charge is 2.28. The van der Waals surface area contributed by atoms with Crippen LogP contribution in [0.4, 0.5) is 0 Å². The lowest BCUT2D eigenvalue weighted by Crippen LogP contribution is -2.30. The molecule has 1 N–H and O–H groups in total. The highest BCUT2D eigenvalue weighted by molar-refractivity contribution is 6.06. The van der Waals surface area contributed by atoms with Gasteiger partial charge in [-0.2, -0.15) is 0 Å². The van der Waals surface area contributed by atoms with Crippen LogP contribution in [0, 0.1) is 6.92 Å². The number of carbonyl (C=O) groups excluding carboxylic acids is 1. The third kappa shape index (κ3) is 3.97. The first-order valence-electron chi connectivity index (χ1n) is 11.0. The predicted octanol–water partition coefficient (Wildman–Crippen LogP) is 4.32. The second kappa shape index (κ2) is 8.19. The van der Waals surface area contributed by atoms with E-state index in [-0.39, 0.29) is 5.91 Å². The number of likely N-dealkylation sites (tertiary alicyclic amines) is 1. The SMILES string of the molecule is Cc1noc2nc(C3CC3)cc(C(=O)NCc3ccccc3CN3CCCCC3)c12. The molecule has 1 aliphatic heterocycles. The topological polar surface area (TPSA) is 71.3 Å². The molecular weight excluding hydrogens is 376 g/mol. The normalized spacial score (nSPS) is 17.4.